The summed E-state index contributed by atoms with van der Waals surface area (Å²) in [5.41, 5.74) is 0.369. The second kappa shape index (κ2) is 8.80. The summed E-state index contributed by atoms with van der Waals surface area (Å²) in [4.78, 5) is 1.90. The van der Waals surface area contributed by atoms with Gasteiger partial charge in [-0.3, -0.25) is 0 Å². The van der Waals surface area contributed by atoms with Crippen LogP contribution in [0.5, 0.6) is 0 Å². The van der Waals surface area contributed by atoms with Crippen molar-refractivity contribution in [3.63, 3.8) is 0 Å². The standard InChI is InChI=1S/C25H33F2N5O2S/c1-16-7-8-24(17-5-3-2-4-6-17)35(33,34)32(16)11-18-9-22(27)23(10-21(18)26)30-12-19-20(13-30)25(19)31-14-28-29-15-31/h9-10,14-17,19-20,24-25H,2-8,11-13H2,1H3/t16-,19-,20+,24+,25+/m0/s1. The van der Waals surface area contributed by atoms with Gasteiger partial charge in [0.1, 0.15) is 24.3 Å². The number of benzene rings is 1. The number of rotatable bonds is 5. The van der Waals surface area contributed by atoms with Gasteiger partial charge in [0.25, 0.3) is 0 Å². The van der Waals surface area contributed by atoms with Crippen LogP contribution in [0.2, 0.25) is 0 Å². The molecule has 3 heterocycles. The van der Waals surface area contributed by atoms with E-state index in [0.29, 0.717) is 37.4 Å². The number of hydrogen-bond donors (Lipinski definition) is 0. The number of hydrogen-bond acceptors (Lipinski definition) is 5. The summed E-state index contributed by atoms with van der Waals surface area (Å²) in [5, 5.41) is 7.32. The average Bonchev–Trinajstić information content (AvgIpc) is 3.21. The largest absolute Gasteiger partial charge is 0.368 e. The van der Waals surface area contributed by atoms with Crippen LogP contribution in [-0.4, -0.2) is 51.9 Å². The van der Waals surface area contributed by atoms with E-state index in [4.69, 9.17) is 0 Å². The first-order valence-corrected chi connectivity index (χ1v) is 14.4. The van der Waals surface area contributed by atoms with E-state index < -0.39 is 26.9 Å². The molecule has 10 heteroatoms. The molecule has 5 atom stereocenters. The highest BCUT2D eigenvalue weighted by atomic mass is 32.2. The van der Waals surface area contributed by atoms with Crippen LogP contribution in [0, 0.1) is 29.4 Å². The van der Waals surface area contributed by atoms with Crippen LogP contribution in [-0.2, 0) is 16.6 Å². The lowest BCUT2D eigenvalue weighted by molar-refractivity contribution is 0.241. The van der Waals surface area contributed by atoms with Crippen LogP contribution in [0.1, 0.15) is 63.5 Å². The minimum Gasteiger partial charge on any atom is -0.368 e. The van der Waals surface area contributed by atoms with Crippen LogP contribution < -0.4 is 4.90 Å². The molecule has 1 aromatic carbocycles. The molecule has 2 aliphatic carbocycles. The molecule has 35 heavy (non-hydrogen) atoms. The summed E-state index contributed by atoms with van der Waals surface area (Å²) in [6, 6.07) is 2.57. The van der Waals surface area contributed by atoms with Gasteiger partial charge < -0.3 is 9.47 Å². The van der Waals surface area contributed by atoms with Gasteiger partial charge in [-0.1, -0.05) is 19.3 Å². The summed E-state index contributed by atoms with van der Waals surface area (Å²) < 4.78 is 61.0. The van der Waals surface area contributed by atoms with Crippen molar-refractivity contribution in [3.05, 3.63) is 42.0 Å². The monoisotopic (exact) mass is 505 g/mol. The van der Waals surface area contributed by atoms with E-state index in [9.17, 15) is 8.42 Å². The highest BCUT2D eigenvalue weighted by molar-refractivity contribution is 7.89. The summed E-state index contributed by atoms with van der Waals surface area (Å²) in [6.07, 6.45) is 10.0. The number of halogens is 2. The minimum absolute atomic E-state index is 0.109. The fourth-order valence-electron chi connectivity index (χ4n) is 6.96. The summed E-state index contributed by atoms with van der Waals surface area (Å²) in [6.45, 7) is 3.07. The molecule has 0 amide bonds. The summed E-state index contributed by atoms with van der Waals surface area (Å²) >= 11 is 0. The summed E-state index contributed by atoms with van der Waals surface area (Å²) in [5.74, 6) is -0.0985. The number of nitrogens with zero attached hydrogens (tertiary/aromatic N) is 5. The normalized spacial score (nSPS) is 33.1. The quantitative estimate of drug-likeness (QED) is 0.611. The van der Waals surface area contributed by atoms with Gasteiger partial charge in [-0.25, -0.2) is 17.2 Å². The van der Waals surface area contributed by atoms with Gasteiger partial charge in [-0.05, 0) is 44.6 Å². The Morgan fingerprint density at radius 1 is 0.943 bits per heavy atom. The second-order valence-corrected chi connectivity index (χ2v) is 13.1. The Labute approximate surface area is 205 Å². The maximum Gasteiger partial charge on any atom is 0.217 e. The fourth-order valence-corrected chi connectivity index (χ4v) is 9.43. The zero-order valence-electron chi connectivity index (χ0n) is 20.1. The fraction of sp³-hybridized carbons (Fsp3) is 0.680. The molecule has 2 saturated heterocycles. The van der Waals surface area contributed by atoms with E-state index in [2.05, 4.69) is 10.2 Å². The van der Waals surface area contributed by atoms with Crippen molar-refractivity contribution >= 4 is 15.7 Å². The smallest absolute Gasteiger partial charge is 0.217 e. The molecule has 190 valence electrons. The van der Waals surface area contributed by atoms with Gasteiger partial charge >= 0.3 is 0 Å². The third-order valence-corrected chi connectivity index (χ3v) is 11.5. The van der Waals surface area contributed by atoms with Crippen LogP contribution in [0.4, 0.5) is 14.5 Å². The van der Waals surface area contributed by atoms with Crippen LogP contribution >= 0.6 is 0 Å². The molecule has 6 rings (SSSR count). The van der Waals surface area contributed by atoms with Crippen molar-refractivity contribution in [1.82, 2.24) is 19.1 Å². The van der Waals surface area contributed by atoms with Crippen molar-refractivity contribution in [2.75, 3.05) is 18.0 Å². The lowest BCUT2D eigenvalue weighted by Gasteiger charge is -2.41. The Balaban J connectivity index is 1.18. The highest BCUT2D eigenvalue weighted by Gasteiger charge is 2.57. The molecule has 2 aromatic rings. The molecule has 0 unspecified atom stereocenters. The number of sulfonamides is 1. The molecule has 0 N–H and O–H groups in total. The number of anilines is 1. The van der Waals surface area contributed by atoms with Crippen molar-refractivity contribution in [2.45, 2.75) is 75.7 Å². The lowest BCUT2D eigenvalue weighted by atomic mass is 9.85. The van der Waals surface area contributed by atoms with Crippen molar-refractivity contribution in [2.24, 2.45) is 17.8 Å². The Morgan fingerprint density at radius 2 is 1.63 bits per heavy atom. The third kappa shape index (κ3) is 4.06. The first-order chi connectivity index (χ1) is 16.8. The van der Waals surface area contributed by atoms with Gasteiger partial charge in [0, 0.05) is 55.2 Å². The van der Waals surface area contributed by atoms with Crippen LogP contribution in [0.25, 0.3) is 0 Å². The topological polar surface area (TPSA) is 71.3 Å². The molecule has 7 nitrogen and oxygen atoms in total. The maximum absolute atomic E-state index is 15.2. The Morgan fingerprint density at radius 3 is 2.31 bits per heavy atom. The maximum atomic E-state index is 15.2. The van der Waals surface area contributed by atoms with E-state index in [1.807, 2.05) is 16.4 Å². The van der Waals surface area contributed by atoms with Crippen molar-refractivity contribution in [3.8, 4) is 0 Å². The minimum atomic E-state index is -3.57. The van der Waals surface area contributed by atoms with E-state index in [1.165, 1.54) is 22.9 Å². The molecule has 0 bridgehead atoms. The lowest BCUT2D eigenvalue weighted by Crippen LogP contribution is -2.50. The van der Waals surface area contributed by atoms with Crippen LogP contribution in [0.3, 0.4) is 0 Å². The Kier molecular flexibility index (Phi) is 5.86. The molecule has 2 aliphatic heterocycles. The van der Waals surface area contributed by atoms with E-state index in [0.717, 1.165) is 32.1 Å². The molecule has 1 aromatic heterocycles. The Hall–Kier alpha value is -2.07. The molecule has 2 saturated carbocycles. The first kappa shape index (κ1) is 23.3. The third-order valence-electron chi connectivity index (χ3n) is 8.96. The van der Waals surface area contributed by atoms with Gasteiger partial charge in [0.05, 0.1) is 10.9 Å². The van der Waals surface area contributed by atoms with Gasteiger partial charge in [-0.15, -0.1) is 10.2 Å². The predicted octanol–water partition coefficient (Wildman–Crippen LogP) is 4.13. The number of fused-ring (bicyclic) bond motifs is 1. The Bertz CT molecular complexity index is 1170. The van der Waals surface area contributed by atoms with Crippen molar-refractivity contribution in [1.29, 1.82) is 0 Å². The SMILES string of the molecule is C[C@H]1CC[C@H](C2CCCCC2)S(=O)(=O)N1Cc1cc(F)c(N2C[C@@H]3[C@H](C2)[C@H]3n2cnnc2)cc1F. The van der Waals surface area contributed by atoms with E-state index in [-0.39, 0.29) is 29.8 Å². The molecule has 0 radical (unpaired) electrons. The molecule has 4 fully saturated rings. The molecular formula is C25H33F2N5O2S. The number of piperidine rings is 1. The highest BCUT2D eigenvalue weighted by Crippen LogP contribution is 2.56. The molecule has 0 spiro atoms. The van der Waals surface area contributed by atoms with Gasteiger partial charge in [0.2, 0.25) is 10.0 Å². The zero-order chi connectivity index (χ0) is 24.3. The first-order valence-electron chi connectivity index (χ1n) is 12.9. The summed E-state index contributed by atoms with van der Waals surface area (Å²) in [7, 11) is -3.57. The van der Waals surface area contributed by atoms with Crippen LogP contribution in [0.15, 0.2) is 24.8 Å². The average molecular weight is 506 g/mol. The van der Waals surface area contributed by atoms with E-state index in [1.54, 1.807) is 12.7 Å². The zero-order valence-corrected chi connectivity index (χ0v) is 20.9. The molecule has 4 aliphatic rings. The molecular weight excluding hydrogens is 472 g/mol. The second-order valence-electron chi connectivity index (χ2n) is 11.0. The van der Waals surface area contributed by atoms with Gasteiger partial charge in [0.15, 0.2) is 0 Å². The van der Waals surface area contributed by atoms with Crippen molar-refractivity contribution < 1.29 is 17.2 Å². The van der Waals surface area contributed by atoms with E-state index >= 15 is 8.78 Å². The number of aromatic nitrogens is 3. The van der Waals surface area contributed by atoms with Gasteiger partial charge in [-0.2, -0.15) is 4.31 Å². The predicted molar refractivity (Wildman–Crippen MR) is 128 cm³/mol.